The maximum atomic E-state index is 12.3. The van der Waals surface area contributed by atoms with Crippen LogP contribution >= 0.6 is 11.3 Å². The number of nitrogens with one attached hydrogen (secondary N) is 1. The Morgan fingerprint density at radius 3 is 2.79 bits per heavy atom. The van der Waals surface area contributed by atoms with Gasteiger partial charge in [0.05, 0.1) is 23.4 Å². The molecule has 1 heterocycles. The van der Waals surface area contributed by atoms with Crippen molar-refractivity contribution in [2.45, 2.75) is 33.6 Å². The van der Waals surface area contributed by atoms with Gasteiger partial charge in [-0.2, -0.15) is 0 Å². The molecule has 0 atom stereocenters. The molecule has 1 N–H and O–H groups in total. The van der Waals surface area contributed by atoms with Crippen molar-refractivity contribution >= 4 is 38.7 Å². The lowest BCUT2D eigenvalue weighted by atomic mass is 10.2. The first-order chi connectivity index (χ1) is 14.1. The third-order valence-corrected chi connectivity index (χ3v) is 5.16. The quantitative estimate of drug-likeness (QED) is 0.356. The highest BCUT2D eigenvalue weighted by Crippen LogP contribution is 2.29. The van der Waals surface area contributed by atoms with E-state index in [0.717, 1.165) is 34.4 Å². The van der Waals surface area contributed by atoms with Crippen molar-refractivity contribution in [1.82, 2.24) is 4.98 Å². The minimum absolute atomic E-state index is 0.220. The molecular weight excluding hydrogens is 384 g/mol. The fourth-order valence-electron chi connectivity index (χ4n) is 2.75. The normalized spacial score (nSPS) is 11.1. The average molecular weight is 411 g/mol. The van der Waals surface area contributed by atoms with E-state index in [0.29, 0.717) is 24.1 Å². The molecule has 0 aliphatic rings. The summed E-state index contributed by atoms with van der Waals surface area (Å²) in [5.41, 5.74) is 2.93. The molecule has 2 aromatic carbocycles. The lowest BCUT2D eigenvalue weighted by Gasteiger charge is -2.12. The lowest BCUT2D eigenvalue weighted by molar-refractivity contribution is -0.111. The summed E-state index contributed by atoms with van der Waals surface area (Å²) in [5, 5.41) is 3.42. The molecule has 3 aromatic rings. The van der Waals surface area contributed by atoms with Gasteiger partial charge in [-0.1, -0.05) is 36.8 Å². The predicted octanol–water partition coefficient (Wildman–Crippen LogP) is 5.83. The van der Waals surface area contributed by atoms with E-state index in [9.17, 15) is 4.79 Å². The number of ether oxygens (including phenoxy) is 2. The predicted molar refractivity (Wildman–Crippen MR) is 120 cm³/mol. The Morgan fingerprint density at radius 2 is 2.00 bits per heavy atom. The zero-order chi connectivity index (χ0) is 20.6. The molecule has 3 rings (SSSR count). The van der Waals surface area contributed by atoms with Gasteiger partial charge in [0, 0.05) is 6.08 Å². The zero-order valence-electron chi connectivity index (χ0n) is 17.0. The van der Waals surface area contributed by atoms with Crippen LogP contribution in [0.25, 0.3) is 16.3 Å². The number of unbranched alkanes of at least 4 members (excludes halogenated alkanes) is 1. The first kappa shape index (κ1) is 20.9. The Kier molecular flexibility index (Phi) is 7.25. The summed E-state index contributed by atoms with van der Waals surface area (Å²) in [6.45, 7) is 7.31. The number of nitrogens with zero attached hydrogens (tertiary/aromatic N) is 1. The minimum atomic E-state index is -0.220. The van der Waals surface area contributed by atoms with Crippen molar-refractivity contribution in [3.8, 4) is 11.5 Å². The molecule has 1 aromatic heterocycles. The average Bonchev–Trinajstić information content (AvgIpc) is 3.09. The van der Waals surface area contributed by atoms with E-state index >= 15 is 0 Å². The van der Waals surface area contributed by atoms with Crippen LogP contribution < -0.4 is 14.8 Å². The van der Waals surface area contributed by atoms with Crippen LogP contribution in [0.5, 0.6) is 11.5 Å². The van der Waals surface area contributed by atoms with Gasteiger partial charge in [-0.15, -0.1) is 0 Å². The number of hydrogen-bond donors (Lipinski definition) is 1. The molecule has 1 amide bonds. The topological polar surface area (TPSA) is 60.5 Å². The summed E-state index contributed by atoms with van der Waals surface area (Å²) in [7, 11) is 0. The van der Waals surface area contributed by atoms with Gasteiger partial charge in [0.2, 0.25) is 5.91 Å². The van der Waals surface area contributed by atoms with Gasteiger partial charge in [0.25, 0.3) is 0 Å². The number of thiazole rings is 1. The van der Waals surface area contributed by atoms with Crippen LogP contribution in [0.3, 0.4) is 0 Å². The number of aryl methyl sites for hydroxylation is 1. The van der Waals surface area contributed by atoms with E-state index in [1.54, 1.807) is 6.08 Å². The van der Waals surface area contributed by atoms with Gasteiger partial charge < -0.3 is 9.47 Å². The summed E-state index contributed by atoms with van der Waals surface area (Å²) < 4.78 is 12.5. The van der Waals surface area contributed by atoms with Crippen molar-refractivity contribution in [3.63, 3.8) is 0 Å². The molecule has 152 valence electrons. The van der Waals surface area contributed by atoms with Crippen LogP contribution in [0.2, 0.25) is 0 Å². The Bertz CT molecular complexity index is 1010. The van der Waals surface area contributed by atoms with E-state index in [4.69, 9.17) is 9.47 Å². The van der Waals surface area contributed by atoms with E-state index in [1.165, 1.54) is 23.0 Å². The number of aromatic nitrogens is 1. The van der Waals surface area contributed by atoms with E-state index in [-0.39, 0.29) is 5.91 Å². The van der Waals surface area contributed by atoms with Crippen LogP contribution in [0.4, 0.5) is 5.13 Å². The van der Waals surface area contributed by atoms with E-state index < -0.39 is 0 Å². The fraction of sp³-hybridized carbons (Fsp3) is 0.304. The smallest absolute Gasteiger partial charge is 0.250 e. The molecule has 29 heavy (non-hydrogen) atoms. The molecule has 6 heteroatoms. The number of amides is 1. The molecule has 0 aliphatic carbocycles. The second-order valence-corrected chi connectivity index (χ2v) is 7.68. The molecule has 0 saturated carbocycles. The number of rotatable bonds is 9. The van der Waals surface area contributed by atoms with Gasteiger partial charge in [0.15, 0.2) is 16.6 Å². The molecule has 0 saturated heterocycles. The largest absolute Gasteiger partial charge is 0.490 e. The number of fused-ring (bicyclic) bond motifs is 1. The second kappa shape index (κ2) is 10.1. The number of anilines is 1. The molecule has 0 spiro atoms. The maximum Gasteiger partial charge on any atom is 0.250 e. The minimum Gasteiger partial charge on any atom is -0.490 e. The molecular formula is C23H26N2O3S. The van der Waals surface area contributed by atoms with Gasteiger partial charge in [-0.05, 0) is 61.7 Å². The summed E-state index contributed by atoms with van der Waals surface area (Å²) >= 11 is 1.47. The Labute approximate surface area is 175 Å². The summed E-state index contributed by atoms with van der Waals surface area (Å²) in [5.74, 6) is 1.20. The fourth-order valence-corrected chi connectivity index (χ4v) is 3.71. The van der Waals surface area contributed by atoms with Crippen molar-refractivity contribution in [2.75, 3.05) is 18.5 Å². The Hall–Kier alpha value is -2.86. The van der Waals surface area contributed by atoms with Crippen molar-refractivity contribution in [1.29, 1.82) is 0 Å². The van der Waals surface area contributed by atoms with Gasteiger partial charge in [-0.3, -0.25) is 10.1 Å². The number of benzene rings is 2. The number of carbonyl (C=O) groups is 1. The molecule has 0 aliphatic heterocycles. The third-order valence-electron chi connectivity index (χ3n) is 4.22. The van der Waals surface area contributed by atoms with E-state index in [2.05, 4.69) is 23.3 Å². The highest BCUT2D eigenvalue weighted by atomic mass is 32.1. The van der Waals surface area contributed by atoms with Crippen LogP contribution in [-0.4, -0.2) is 24.1 Å². The second-order valence-electron chi connectivity index (χ2n) is 6.65. The zero-order valence-corrected chi connectivity index (χ0v) is 17.8. The molecule has 0 fully saturated rings. The molecule has 5 nitrogen and oxygen atoms in total. The van der Waals surface area contributed by atoms with Gasteiger partial charge in [0.1, 0.15) is 0 Å². The standard InChI is InChI=1S/C23H26N2O3S/c1-4-6-13-28-19-11-8-17(15-20(19)27-5-2)9-12-22(26)25-23-24-18-10-7-16(3)14-21(18)29-23/h7-12,14-15H,4-6,13H2,1-3H3,(H,24,25,26)/b12-9+. The molecule has 0 bridgehead atoms. The summed E-state index contributed by atoms with van der Waals surface area (Å²) in [6.07, 6.45) is 5.33. The summed E-state index contributed by atoms with van der Waals surface area (Å²) in [4.78, 5) is 16.7. The highest BCUT2D eigenvalue weighted by Gasteiger charge is 2.08. The first-order valence-electron chi connectivity index (χ1n) is 9.85. The Morgan fingerprint density at radius 1 is 1.14 bits per heavy atom. The van der Waals surface area contributed by atoms with Crippen LogP contribution in [0.1, 0.15) is 37.8 Å². The van der Waals surface area contributed by atoms with Crippen molar-refractivity contribution in [3.05, 3.63) is 53.6 Å². The Balaban J connectivity index is 1.67. The molecule has 0 radical (unpaired) electrons. The van der Waals surface area contributed by atoms with E-state index in [1.807, 2.05) is 44.2 Å². The number of hydrogen-bond acceptors (Lipinski definition) is 5. The van der Waals surface area contributed by atoms with Crippen LogP contribution in [0, 0.1) is 6.92 Å². The molecule has 0 unspecified atom stereocenters. The van der Waals surface area contributed by atoms with Crippen molar-refractivity contribution < 1.29 is 14.3 Å². The van der Waals surface area contributed by atoms with Gasteiger partial charge >= 0.3 is 0 Å². The maximum absolute atomic E-state index is 12.3. The van der Waals surface area contributed by atoms with Gasteiger partial charge in [-0.25, -0.2) is 4.98 Å². The lowest BCUT2D eigenvalue weighted by Crippen LogP contribution is -2.07. The SMILES string of the molecule is CCCCOc1ccc(/C=C/C(=O)Nc2nc3ccc(C)cc3s2)cc1OCC. The summed E-state index contributed by atoms with van der Waals surface area (Å²) in [6, 6.07) is 11.7. The monoisotopic (exact) mass is 410 g/mol. The van der Waals surface area contributed by atoms with Crippen LogP contribution in [0.15, 0.2) is 42.5 Å². The third kappa shape index (κ3) is 5.81. The first-order valence-corrected chi connectivity index (χ1v) is 10.7. The number of carbonyl (C=O) groups excluding carboxylic acids is 1. The van der Waals surface area contributed by atoms with Crippen LogP contribution in [-0.2, 0) is 4.79 Å². The highest BCUT2D eigenvalue weighted by molar-refractivity contribution is 7.22. The van der Waals surface area contributed by atoms with Crippen molar-refractivity contribution in [2.24, 2.45) is 0 Å².